The van der Waals surface area contributed by atoms with Crippen LogP contribution in [0.1, 0.15) is 39.2 Å². The van der Waals surface area contributed by atoms with Crippen LogP contribution in [0, 0.1) is 6.92 Å². The largest absolute Gasteiger partial charge is 0.444 e. The number of piperazine rings is 1. The number of carbonyl (C=O) groups excluding carboxylic acids is 2. The fraction of sp³-hybridized carbons (Fsp3) is 0.636. The quantitative estimate of drug-likeness (QED) is 0.652. The van der Waals surface area contributed by atoms with Gasteiger partial charge < -0.3 is 20.3 Å². The van der Waals surface area contributed by atoms with E-state index in [-0.39, 0.29) is 18.9 Å². The molecular formula is C22H36N4O3. The number of anilines is 1. The third-order valence-electron chi connectivity index (χ3n) is 4.73. The van der Waals surface area contributed by atoms with Crippen LogP contribution in [-0.4, -0.2) is 68.3 Å². The average Bonchev–Trinajstić information content (AvgIpc) is 2.64. The van der Waals surface area contributed by atoms with Crippen molar-refractivity contribution in [2.75, 3.05) is 50.7 Å². The minimum absolute atomic E-state index is 0.0506. The normalized spacial score (nSPS) is 15.1. The van der Waals surface area contributed by atoms with Crippen molar-refractivity contribution >= 4 is 17.7 Å². The fourth-order valence-corrected chi connectivity index (χ4v) is 3.27. The number of hydrogen-bond acceptors (Lipinski definition) is 5. The minimum Gasteiger partial charge on any atom is -0.444 e. The van der Waals surface area contributed by atoms with Gasteiger partial charge in [-0.1, -0.05) is 12.1 Å². The Kier molecular flexibility index (Phi) is 8.76. The standard InChI is InChI=1S/C22H36N4O3/c1-18-7-5-8-19(17-18)26-15-13-25(14-16-26)12-6-10-23-20(27)9-11-24-21(28)29-22(2,3)4/h5,7-8,17H,6,9-16H2,1-4H3,(H,23,27)(H,24,28). The highest BCUT2D eigenvalue weighted by molar-refractivity contribution is 5.77. The Labute approximate surface area is 174 Å². The van der Waals surface area contributed by atoms with Crippen LogP contribution in [0.4, 0.5) is 10.5 Å². The van der Waals surface area contributed by atoms with Gasteiger partial charge in [0.05, 0.1) is 0 Å². The SMILES string of the molecule is Cc1cccc(N2CCN(CCCNC(=O)CCNC(=O)OC(C)(C)C)CC2)c1. The van der Waals surface area contributed by atoms with Crippen molar-refractivity contribution in [2.45, 2.75) is 46.1 Å². The van der Waals surface area contributed by atoms with Crippen molar-refractivity contribution in [3.05, 3.63) is 29.8 Å². The van der Waals surface area contributed by atoms with Crippen LogP contribution >= 0.6 is 0 Å². The first-order chi connectivity index (χ1) is 13.7. The van der Waals surface area contributed by atoms with Gasteiger partial charge in [0.1, 0.15) is 5.60 Å². The number of rotatable bonds is 8. The average molecular weight is 405 g/mol. The second kappa shape index (κ2) is 11.0. The summed E-state index contributed by atoms with van der Waals surface area (Å²) >= 11 is 0. The highest BCUT2D eigenvalue weighted by atomic mass is 16.6. The summed E-state index contributed by atoms with van der Waals surface area (Å²) in [6.07, 6.45) is 0.694. The lowest BCUT2D eigenvalue weighted by molar-refractivity contribution is -0.120. The molecule has 0 radical (unpaired) electrons. The Morgan fingerprint density at radius 2 is 1.79 bits per heavy atom. The first kappa shape index (κ1) is 23.0. The van der Waals surface area contributed by atoms with E-state index in [1.807, 2.05) is 20.8 Å². The van der Waals surface area contributed by atoms with Crippen LogP contribution in [0.5, 0.6) is 0 Å². The molecule has 0 aliphatic carbocycles. The third kappa shape index (κ3) is 9.17. The van der Waals surface area contributed by atoms with E-state index in [9.17, 15) is 9.59 Å². The number of aryl methyl sites for hydroxylation is 1. The van der Waals surface area contributed by atoms with E-state index in [4.69, 9.17) is 4.74 Å². The molecule has 7 nitrogen and oxygen atoms in total. The predicted octanol–water partition coefficient (Wildman–Crippen LogP) is 2.54. The van der Waals surface area contributed by atoms with Crippen LogP contribution in [0.25, 0.3) is 0 Å². The van der Waals surface area contributed by atoms with Crippen molar-refractivity contribution in [3.63, 3.8) is 0 Å². The van der Waals surface area contributed by atoms with Crippen molar-refractivity contribution < 1.29 is 14.3 Å². The van der Waals surface area contributed by atoms with Crippen LogP contribution in [0.3, 0.4) is 0 Å². The van der Waals surface area contributed by atoms with Crippen LogP contribution in [-0.2, 0) is 9.53 Å². The number of nitrogens with one attached hydrogen (secondary N) is 2. The number of hydrogen-bond donors (Lipinski definition) is 2. The zero-order valence-electron chi connectivity index (χ0n) is 18.3. The summed E-state index contributed by atoms with van der Waals surface area (Å²) in [5.74, 6) is -0.0506. The van der Waals surface area contributed by atoms with E-state index in [1.165, 1.54) is 11.3 Å². The topological polar surface area (TPSA) is 73.9 Å². The molecule has 0 bridgehead atoms. The molecule has 1 aliphatic heterocycles. The van der Waals surface area contributed by atoms with E-state index in [2.05, 4.69) is 51.6 Å². The molecule has 1 fully saturated rings. The molecule has 1 aliphatic rings. The molecule has 7 heteroatoms. The molecule has 2 rings (SSSR count). The highest BCUT2D eigenvalue weighted by Crippen LogP contribution is 2.17. The monoisotopic (exact) mass is 404 g/mol. The van der Waals surface area contributed by atoms with E-state index >= 15 is 0 Å². The molecule has 0 atom stereocenters. The smallest absolute Gasteiger partial charge is 0.407 e. The maximum absolute atomic E-state index is 11.9. The molecule has 0 aromatic heterocycles. The maximum Gasteiger partial charge on any atom is 0.407 e. The van der Waals surface area contributed by atoms with Gasteiger partial charge in [-0.3, -0.25) is 9.69 Å². The van der Waals surface area contributed by atoms with Crippen molar-refractivity contribution in [3.8, 4) is 0 Å². The molecule has 1 aromatic carbocycles. The van der Waals surface area contributed by atoms with E-state index in [1.54, 1.807) is 0 Å². The fourth-order valence-electron chi connectivity index (χ4n) is 3.27. The molecule has 2 N–H and O–H groups in total. The van der Waals surface area contributed by atoms with Gasteiger partial charge in [0.25, 0.3) is 0 Å². The lowest BCUT2D eigenvalue weighted by atomic mass is 10.2. The molecule has 0 unspecified atom stereocenters. The number of benzene rings is 1. The Balaban J connectivity index is 1.52. The Hall–Kier alpha value is -2.28. The third-order valence-corrected chi connectivity index (χ3v) is 4.73. The second-order valence-electron chi connectivity index (χ2n) is 8.55. The first-order valence-corrected chi connectivity index (χ1v) is 10.5. The molecule has 2 amide bonds. The highest BCUT2D eigenvalue weighted by Gasteiger charge is 2.17. The second-order valence-corrected chi connectivity index (χ2v) is 8.55. The molecule has 1 aromatic rings. The van der Waals surface area contributed by atoms with Gasteiger partial charge in [-0.05, 0) is 58.4 Å². The molecule has 29 heavy (non-hydrogen) atoms. The minimum atomic E-state index is -0.530. The van der Waals surface area contributed by atoms with Crippen molar-refractivity contribution in [1.82, 2.24) is 15.5 Å². The number of alkyl carbamates (subject to hydrolysis) is 1. The Morgan fingerprint density at radius 1 is 1.07 bits per heavy atom. The molecule has 0 spiro atoms. The molecule has 162 valence electrons. The lowest BCUT2D eigenvalue weighted by Crippen LogP contribution is -2.47. The zero-order chi connectivity index (χ0) is 21.3. The van der Waals surface area contributed by atoms with Crippen LogP contribution in [0.2, 0.25) is 0 Å². The number of nitrogens with zero attached hydrogens (tertiary/aromatic N) is 2. The van der Waals surface area contributed by atoms with Gasteiger partial charge >= 0.3 is 6.09 Å². The van der Waals surface area contributed by atoms with Crippen molar-refractivity contribution in [2.24, 2.45) is 0 Å². The van der Waals surface area contributed by atoms with Crippen molar-refractivity contribution in [1.29, 1.82) is 0 Å². The summed E-state index contributed by atoms with van der Waals surface area (Å²) in [5, 5.41) is 5.52. The Bertz CT molecular complexity index is 664. The number of carbonyl (C=O) groups is 2. The molecular weight excluding hydrogens is 368 g/mol. The van der Waals surface area contributed by atoms with Gasteiger partial charge in [-0.25, -0.2) is 4.79 Å². The first-order valence-electron chi connectivity index (χ1n) is 10.5. The molecule has 1 heterocycles. The van der Waals surface area contributed by atoms with E-state index in [0.717, 1.165) is 39.1 Å². The van der Waals surface area contributed by atoms with Gasteiger partial charge in [0.2, 0.25) is 5.91 Å². The summed E-state index contributed by atoms with van der Waals surface area (Å²) in [4.78, 5) is 28.3. The zero-order valence-corrected chi connectivity index (χ0v) is 18.3. The van der Waals surface area contributed by atoms with Gasteiger partial charge in [0.15, 0.2) is 0 Å². The maximum atomic E-state index is 11.9. The number of ether oxygens (including phenoxy) is 1. The van der Waals surface area contributed by atoms with Crippen LogP contribution < -0.4 is 15.5 Å². The molecule has 0 saturated carbocycles. The Morgan fingerprint density at radius 3 is 2.45 bits per heavy atom. The lowest BCUT2D eigenvalue weighted by Gasteiger charge is -2.36. The van der Waals surface area contributed by atoms with E-state index < -0.39 is 11.7 Å². The van der Waals surface area contributed by atoms with E-state index in [0.29, 0.717) is 6.54 Å². The van der Waals surface area contributed by atoms with Crippen LogP contribution in [0.15, 0.2) is 24.3 Å². The summed E-state index contributed by atoms with van der Waals surface area (Å²) in [7, 11) is 0. The van der Waals surface area contributed by atoms with Gasteiger partial charge in [0, 0.05) is 51.4 Å². The predicted molar refractivity (Wildman–Crippen MR) is 116 cm³/mol. The molecule has 1 saturated heterocycles. The summed E-state index contributed by atoms with van der Waals surface area (Å²) in [6.45, 7) is 13.6. The number of amides is 2. The summed E-state index contributed by atoms with van der Waals surface area (Å²) < 4.78 is 5.14. The summed E-state index contributed by atoms with van der Waals surface area (Å²) in [5.41, 5.74) is 2.07. The van der Waals surface area contributed by atoms with Gasteiger partial charge in [-0.2, -0.15) is 0 Å². The summed E-state index contributed by atoms with van der Waals surface area (Å²) in [6, 6.07) is 8.66. The van der Waals surface area contributed by atoms with Gasteiger partial charge in [-0.15, -0.1) is 0 Å².